The molecule has 0 aliphatic heterocycles. The molecule has 0 aliphatic rings. The van der Waals surface area contributed by atoms with Crippen molar-refractivity contribution < 1.29 is 4.39 Å². The summed E-state index contributed by atoms with van der Waals surface area (Å²) in [6, 6.07) is 10.8. The van der Waals surface area contributed by atoms with Crippen molar-refractivity contribution in [3.8, 4) is 0 Å². The van der Waals surface area contributed by atoms with Gasteiger partial charge in [-0.25, -0.2) is 4.39 Å². The van der Waals surface area contributed by atoms with Crippen LogP contribution < -0.4 is 5.32 Å². The number of hydrogen-bond acceptors (Lipinski definition) is 1. The van der Waals surface area contributed by atoms with Gasteiger partial charge in [-0.15, -0.1) is 0 Å². The zero-order valence-electron chi connectivity index (χ0n) is 11.5. The Labute approximate surface area is 142 Å². The molecule has 0 heterocycles. The van der Waals surface area contributed by atoms with Crippen molar-refractivity contribution in [1.82, 2.24) is 5.32 Å². The van der Waals surface area contributed by atoms with Gasteiger partial charge in [0.25, 0.3) is 0 Å². The van der Waals surface area contributed by atoms with Crippen molar-refractivity contribution >= 4 is 39.1 Å². The first-order chi connectivity index (χ1) is 10.0. The SMILES string of the molecule is CCNC(Cc1ccc(F)c(Cl)c1)c1ccc(Cl)c(Br)c1. The van der Waals surface area contributed by atoms with Crippen LogP contribution in [0.15, 0.2) is 40.9 Å². The molecule has 2 rings (SSSR count). The van der Waals surface area contributed by atoms with Gasteiger partial charge in [0.1, 0.15) is 5.82 Å². The van der Waals surface area contributed by atoms with E-state index in [4.69, 9.17) is 23.2 Å². The predicted octanol–water partition coefficient (Wildman–Crippen LogP) is 5.79. The number of halogens is 4. The Morgan fingerprint density at radius 2 is 1.90 bits per heavy atom. The fraction of sp³-hybridized carbons (Fsp3) is 0.250. The van der Waals surface area contributed by atoms with Gasteiger partial charge >= 0.3 is 0 Å². The molecule has 0 aromatic heterocycles. The van der Waals surface area contributed by atoms with Crippen LogP contribution in [0.4, 0.5) is 4.39 Å². The molecule has 0 saturated carbocycles. The van der Waals surface area contributed by atoms with Gasteiger partial charge in [-0.1, -0.05) is 42.3 Å². The van der Waals surface area contributed by atoms with E-state index in [9.17, 15) is 4.39 Å². The van der Waals surface area contributed by atoms with E-state index in [2.05, 4.69) is 28.2 Å². The van der Waals surface area contributed by atoms with Crippen LogP contribution in [0.1, 0.15) is 24.1 Å². The first-order valence-electron chi connectivity index (χ1n) is 6.63. The number of benzene rings is 2. The number of likely N-dealkylation sites (N-methyl/N-ethyl adjacent to an activating group) is 1. The molecule has 0 amide bonds. The Morgan fingerprint density at radius 1 is 1.14 bits per heavy atom. The van der Waals surface area contributed by atoms with E-state index in [1.165, 1.54) is 6.07 Å². The lowest BCUT2D eigenvalue weighted by atomic mass is 9.99. The average molecular weight is 391 g/mol. The zero-order valence-corrected chi connectivity index (χ0v) is 14.6. The summed E-state index contributed by atoms with van der Waals surface area (Å²) in [6.07, 6.45) is 0.724. The molecule has 1 nitrogen and oxygen atoms in total. The highest BCUT2D eigenvalue weighted by Gasteiger charge is 2.13. The average Bonchev–Trinajstić information content (AvgIpc) is 2.45. The summed E-state index contributed by atoms with van der Waals surface area (Å²) >= 11 is 15.3. The monoisotopic (exact) mass is 389 g/mol. The molecule has 112 valence electrons. The molecule has 1 unspecified atom stereocenters. The highest BCUT2D eigenvalue weighted by Crippen LogP contribution is 2.28. The highest BCUT2D eigenvalue weighted by atomic mass is 79.9. The lowest BCUT2D eigenvalue weighted by molar-refractivity contribution is 0.548. The Bertz CT molecular complexity index is 634. The van der Waals surface area contributed by atoms with E-state index in [1.54, 1.807) is 12.1 Å². The molecule has 2 aromatic rings. The van der Waals surface area contributed by atoms with Crippen LogP contribution in [-0.4, -0.2) is 6.54 Å². The molecule has 1 N–H and O–H groups in total. The second-order valence-corrected chi connectivity index (χ2v) is 6.41. The molecule has 5 heteroatoms. The predicted molar refractivity (Wildman–Crippen MR) is 90.7 cm³/mol. The van der Waals surface area contributed by atoms with E-state index in [0.29, 0.717) is 5.02 Å². The second kappa shape index (κ2) is 7.59. The number of nitrogens with one attached hydrogen (secondary N) is 1. The Balaban J connectivity index is 2.25. The fourth-order valence-electron chi connectivity index (χ4n) is 2.19. The van der Waals surface area contributed by atoms with Crippen LogP contribution in [0.25, 0.3) is 0 Å². The van der Waals surface area contributed by atoms with Gasteiger partial charge in [0.15, 0.2) is 0 Å². The standard InChI is InChI=1S/C16H15BrCl2FN/c1-2-21-16(11-4-5-13(18)12(17)9-11)8-10-3-6-15(20)14(19)7-10/h3-7,9,16,21H,2,8H2,1H3. The minimum absolute atomic E-state index is 0.116. The van der Waals surface area contributed by atoms with Crippen LogP contribution in [0.3, 0.4) is 0 Å². The lowest BCUT2D eigenvalue weighted by Gasteiger charge is -2.19. The van der Waals surface area contributed by atoms with Crippen molar-refractivity contribution in [2.45, 2.75) is 19.4 Å². The van der Waals surface area contributed by atoms with E-state index >= 15 is 0 Å². The topological polar surface area (TPSA) is 12.0 Å². The maximum atomic E-state index is 13.2. The van der Waals surface area contributed by atoms with Gasteiger partial charge in [0.05, 0.1) is 10.0 Å². The molecule has 0 radical (unpaired) electrons. The number of hydrogen-bond donors (Lipinski definition) is 1. The van der Waals surface area contributed by atoms with E-state index in [1.807, 2.05) is 18.2 Å². The molecule has 21 heavy (non-hydrogen) atoms. The van der Waals surface area contributed by atoms with Crippen molar-refractivity contribution in [1.29, 1.82) is 0 Å². The van der Waals surface area contributed by atoms with E-state index in [0.717, 1.165) is 28.6 Å². The second-order valence-electron chi connectivity index (χ2n) is 4.74. The van der Waals surface area contributed by atoms with Gasteiger partial charge < -0.3 is 5.32 Å². The minimum Gasteiger partial charge on any atom is -0.310 e. The van der Waals surface area contributed by atoms with Crippen molar-refractivity contribution in [3.05, 3.63) is 67.9 Å². The van der Waals surface area contributed by atoms with Gasteiger partial charge in [-0.05, 0) is 64.3 Å². The molecule has 1 atom stereocenters. The van der Waals surface area contributed by atoms with Crippen LogP contribution in [0, 0.1) is 5.82 Å². The summed E-state index contributed by atoms with van der Waals surface area (Å²) in [7, 11) is 0. The maximum Gasteiger partial charge on any atom is 0.141 e. The molecule has 0 spiro atoms. The van der Waals surface area contributed by atoms with Crippen LogP contribution in [0.2, 0.25) is 10.0 Å². The molecular formula is C16H15BrCl2FN. The molecule has 0 fully saturated rings. The maximum absolute atomic E-state index is 13.2. The molecular weight excluding hydrogens is 376 g/mol. The van der Waals surface area contributed by atoms with Gasteiger partial charge in [-0.3, -0.25) is 0 Å². The number of rotatable bonds is 5. The summed E-state index contributed by atoms with van der Waals surface area (Å²) in [6.45, 7) is 2.88. The third kappa shape index (κ3) is 4.43. The van der Waals surface area contributed by atoms with E-state index < -0.39 is 5.82 Å². The first kappa shape index (κ1) is 16.8. The van der Waals surface area contributed by atoms with Gasteiger partial charge in [-0.2, -0.15) is 0 Å². The highest BCUT2D eigenvalue weighted by molar-refractivity contribution is 9.10. The molecule has 0 aliphatic carbocycles. The third-order valence-electron chi connectivity index (χ3n) is 3.22. The van der Waals surface area contributed by atoms with E-state index in [-0.39, 0.29) is 11.1 Å². The van der Waals surface area contributed by atoms with Crippen molar-refractivity contribution in [2.75, 3.05) is 6.54 Å². The lowest BCUT2D eigenvalue weighted by Crippen LogP contribution is -2.23. The van der Waals surface area contributed by atoms with Crippen LogP contribution in [0.5, 0.6) is 0 Å². The van der Waals surface area contributed by atoms with Gasteiger partial charge in [0.2, 0.25) is 0 Å². The molecule has 2 aromatic carbocycles. The zero-order chi connectivity index (χ0) is 15.4. The Kier molecular flexibility index (Phi) is 6.06. The summed E-state index contributed by atoms with van der Waals surface area (Å²) in [4.78, 5) is 0. The summed E-state index contributed by atoms with van der Waals surface area (Å²) < 4.78 is 14.1. The summed E-state index contributed by atoms with van der Waals surface area (Å²) in [5.74, 6) is -0.394. The quantitative estimate of drug-likeness (QED) is 0.681. The molecule has 0 saturated heterocycles. The Morgan fingerprint density at radius 3 is 2.52 bits per heavy atom. The fourth-order valence-corrected chi connectivity index (χ4v) is 2.90. The minimum atomic E-state index is -0.394. The van der Waals surface area contributed by atoms with Gasteiger partial charge in [0, 0.05) is 10.5 Å². The smallest absolute Gasteiger partial charge is 0.141 e. The van der Waals surface area contributed by atoms with Crippen molar-refractivity contribution in [2.24, 2.45) is 0 Å². The summed E-state index contributed by atoms with van der Waals surface area (Å²) in [5.41, 5.74) is 2.10. The van der Waals surface area contributed by atoms with Crippen molar-refractivity contribution in [3.63, 3.8) is 0 Å². The third-order valence-corrected chi connectivity index (χ3v) is 4.72. The van der Waals surface area contributed by atoms with Crippen LogP contribution >= 0.6 is 39.1 Å². The van der Waals surface area contributed by atoms with Crippen LogP contribution in [-0.2, 0) is 6.42 Å². The normalized spacial score (nSPS) is 12.4. The Hall–Kier alpha value is -0.610. The molecule has 0 bridgehead atoms. The first-order valence-corrected chi connectivity index (χ1v) is 8.18. The largest absolute Gasteiger partial charge is 0.310 e. The summed E-state index contributed by atoms with van der Waals surface area (Å²) in [5, 5.41) is 4.26.